The smallest absolute Gasteiger partial charge is 0.123 e. The molecule has 0 aliphatic rings. The maximum absolute atomic E-state index is 13.1. The highest BCUT2D eigenvalue weighted by Crippen LogP contribution is 2.20. The number of nitrogens with zero attached hydrogens (tertiary/aromatic N) is 2. The second kappa shape index (κ2) is 6.21. The number of rotatable bonds is 5. The Morgan fingerprint density at radius 1 is 1.53 bits per heavy atom. The molecule has 0 saturated carbocycles. The van der Waals surface area contributed by atoms with Gasteiger partial charge in [0.15, 0.2) is 0 Å². The number of benzene rings is 1. The van der Waals surface area contributed by atoms with Gasteiger partial charge < -0.3 is 4.74 Å². The summed E-state index contributed by atoms with van der Waals surface area (Å²) >= 11 is 0. The number of halogens is 1. The van der Waals surface area contributed by atoms with Gasteiger partial charge in [0.1, 0.15) is 11.6 Å². The molecule has 0 fully saturated rings. The zero-order chi connectivity index (χ0) is 12.8. The first-order valence-electron chi connectivity index (χ1n) is 5.50. The number of hydrogen-bond acceptors (Lipinski definition) is 3. The van der Waals surface area contributed by atoms with Gasteiger partial charge in [-0.1, -0.05) is 0 Å². The van der Waals surface area contributed by atoms with Crippen LogP contribution in [0, 0.1) is 17.1 Å². The third kappa shape index (κ3) is 3.72. The molecule has 0 N–H and O–H groups in total. The number of ether oxygens (including phenoxy) is 1. The Balaban J connectivity index is 2.69. The van der Waals surface area contributed by atoms with Crippen molar-refractivity contribution in [2.45, 2.75) is 19.4 Å². The van der Waals surface area contributed by atoms with Crippen LogP contribution in [-0.4, -0.2) is 31.6 Å². The summed E-state index contributed by atoms with van der Waals surface area (Å²) in [5.74, 6) is 0.418. The van der Waals surface area contributed by atoms with Crippen molar-refractivity contribution < 1.29 is 9.13 Å². The Kier molecular flexibility index (Phi) is 4.92. The fraction of sp³-hybridized carbons (Fsp3) is 0.462. The largest absolute Gasteiger partial charge is 0.496 e. The predicted octanol–water partition coefficient (Wildman–Crippen LogP) is 2.22. The van der Waals surface area contributed by atoms with E-state index in [1.807, 2.05) is 18.9 Å². The molecule has 0 radical (unpaired) electrons. The number of methoxy groups -OCH3 is 1. The summed E-state index contributed by atoms with van der Waals surface area (Å²) in [6, 6.07) is 6.50. The molecule has 1 unspecified atom stereocenters. The van der Waals surface area contributed by atoms with Crippen LogP contribution in [0.5, 0.6) is 5.75 Å². The second-order valence-electron chi connectivity index (χ2n) is 3.99. The standard InChI is InChI=1S/C13H17FN2O/c1-10(9-15)16(2)7-6-11-8-12(14)4-5-13(11)17-3/h4-5,8,10H,6-7H2,1-3H3. The van der Waals surface area contributed by atoms with Crippen LogP contribution < -0.4 is 4.74 Å². The minimum Gasteiger partial charge on any atom is -0.496 e. The van der Waals surface area contributed by atoms with E-state index in [-0.39, 0.29) is 11.9 Å². The van der Waals surface area contributed by atoms with Gasteiger partial charge in [0, 0.05) is 6.54 Å². The molecule has 1 aromatic carbocycles. The maximum Gasteiger partial charge on any atom is 0.123 e. The summed E-state index contributed by atoms with van der Waals surface area (Å²) in [4.78, 5) is 1.92. The van der Waals surface area contributed by atoms with Gasteiger partial charge in [-0.15, -0.1) is 0 Å². The summed E-state index contributed by atoms with van der Waals surface area (Å²) in [5.41, 5.74) is 0.824. The molecule has 1 rings (SSSR count). The van der Waals surface area contributed by atoms with Crippen LogP contribution in [0.3, 0.4) is 0 Å². The van der Waals surface area contributed by atoms with Crippen molar-refractivity contribution in [3.8, 4) is 11.8 Å². The summed E-state index contributed by atoms with van der Waals surface area (Å²) in [7, 11) is 3.44. The average Bonchev–Trinajstić information content (AvgIpc) is 2.35. The fourth-order valence-electron chi connectivity index (χ4n) is 1.53. The van der Waals surface area contributed by atoms with Gasteiger partial charge in [0.2, 0.25) is 0 Å². The van der Waals surface area contributed by atoms with Crippen molar-refractivity contribution in [1.82, 2.24) is 4.90 Å². The van der Waals surface area contributed by atoms with Crippen LogP contribution in [-0.2, 0) is 6.42 Å². The van der Waals surface area contributed by atoms with E-state index >= 15 is 0 Å². The molecule has 0 aliphatic heterocycles. The van der Waals surface area contributed by atoms with E-state index in [1.54, 1.807) is 13.2 Å². The average molecular weight is 236 g/mol. The zero-order valence-corrected chi connectivity index (χ0v) is 10.4. The Bertz CT molecular complexity index is 414. The molecule has 92 valence electrons. The molecule has 0 amide bonds. The maximum atomic E-state index is 13.1. The van der Waals surface area contributed by atoms with Crippen molar-refractivity contribution in [1.29, 1.82) is 5.26 Å². The van der Waals surface area contributed by atoms with Gasteiger partial charge in [-0.3, -0.25) is 4.90 Å². The molecule has 1 atom stereocenters. The molecule has 0 aromatic heterocycles. The molecule has 1 aromatic rings. The Hall–Kier alpha value is -1.60. The minimum absolute atomic E-state index is 0.144. The van der Waals surface area contributed by atoms with Crippen molar-refractivity contribution in [2.75, 3.05) is 20.7 Å². The highest BCUT2D eigenvalue weighted by molar-refractivity contribution is 5.34. The van der Waals surface area contributed by atoms with Gasteiger partial charge in [-0.2, -0.15) is 5.26 Å². The minimum atomic E-state index is -0.267. The molecule has 0 saturated heterocycles. The lowest BCUT2D eigenvalue weighted by atomic mass is 10.1. The van der Waals surface area contributed by atoms with Crippen LogP contribution in [0.4, 0.5) is 4.39 Å². The molecular formula is C13H17FN2O. The van der Waals surface area contributed by atoms with Crippen LogP contribution in [0.15, 0.2) is 18.2 Å². The van der Waals surface area contributed by atoms with Crippen molar-refractivity contribution in [2.24, 2.45) is 0 Å². The van der Waals surface area contributed by atoms with Gasteiger partial charge >= 0.3 is 0 Å². The monoisotopic (exact) mass is 236 g/mol. The lowest BCUT2D eigenvalue weighted by molar-refractivity contribution is 0.304. The van der Waals surface area contributed by atoms with Crippen molar-refractivity contribution >= 4 is 0 Å². The van der Waals surface area contributed by atoms with Gasteiger partial charge in [-0.05, 0) is 44.2 Å². The summed E-state index contributed by atoms with van der Waals surface area (Å²) < 4.78 is 18.3. The summed E-state index contributed by atoms with van der Waals surface area (Å²) in [5, 5.41) is 8.77. The topological polar surface area (TPSA) is 36.3 Å². The molecule has 0 heterocycles. The Labute approximate surface area is 101 Å². The summed E-state index contributed by atoms with van der Waals surface area (Å²) in [6.07, 6.45) is 0.656. The van der Waals surface area contributed by atoms with Gasteiger partial charge in [0.25, 0.3) is 0 Å². The molecule has 4 heteroatoms. The normalized spacial score (nSPS) is 12.2. The molecule has 17 heavy (non-hydrogen) atoms. The van der Waals surface area contributed by atoms with E-state index in [0.29, 0.717) is 18.7 Å². The van der Waals surface area contributed by atoms with E-state index in [0.717, 1.165) is 5.56 Å². The first-order chi connectivity index (χ1) is 8.08. The highest BCUT2D eigenvalue weighted by atomic mass is 19.1. The number of nitriles is 1. The van der Waals surface area contributed by atoms with Crippen molar-refractivity contribution in [3.63, 3.8) is 0 Å². The molecule has 0 aliphatic carbocycles. The van der Waals surface area contributed by atoms with Crippen LogP contribution in [0.2, 0.25) is 0 Å². The fourth-order valence-corrected chi connectivity index (χ4v) is 1.53. The third-order valence-electron chi connectivity index (χ3n) is 2.82. The molecule has 0 bridgehead atoms. The van der Waals surface area contributed by atoms with Crippen molar-refractivity contribution in [3.05, 3.63) is 29.6 Å². The van der Waals surface area contributed by atoms with E-state index in [2.05, 4.69) is 6.07 Å². The van der Waals surface area contributed by atoms with Crippen LogP contribution in [0.25, 0.3) is 0 Å². The number of hydrogen-bond donors (Lipinski definition) is 0. The molecule has 3 nitrogen and oxygen atoms in total. The van der Waals surface area contributed by atoms with E-state index in [4.69, 9.17) is 10.00 Å². The molecule has 0 spiro atoms. The first-order valence-corrected chi connectivity index (χ1v) is 5.50. The highest BCUT2D eigenvalue weighted by Gasteiger charge is 2.10. The van der Waals surface area contributed by atoms with Crippen LogP contribution in [0.1, 0.15) is 12.5 Å². The van der Waals surface area contributed by atoms with Gasteiger partial charge in [0.05, 0.1) is 19.2 Å². The zero-order valence-electron chi connectivity index (χ0n) is 10.4. The second-order valence-corrected chi connectivity index (χ2v) is 3.99. The quantitative estimate of drug-likeness (QED) is 0.786. The van der Waals surface area contributed by atoms with E-state index in [1.165, 1.54) is 12.1 Å². The Morgan fingerprint density at radius 2 is 2.24 bits per heavy atom. The first kappa shape index (κ1) is 13.5. The lowest BCUT2D eigenvalue weighted by Crippen LogP contribution is -2.29. The van der Waals surface area contributed by atoms with Crippen LogP contribution >= 0.6 is 0 Å². The predicted molar refractivity (Wildman–Crippen MR) is 64.4 cm³/mol. The SMILES string of the molecule is COc1ccc(F)cc1CCN(C)C(C)C#N. The number of likely N-dealkylation sites (N-methyl/N-ethyl adjacent to an activating group) is 1. The van der Waals surface area contributed by atoms with E-state index < -0.39 is 0 Å². The molecular weight excluding hydrogens is 219 g/mol. The lowest BCUT2D eigenvalue weighted by Gasteiger charge is -2.19. The third-order valence-corrected chi connectivity index (χ3v) is 2.82. The van der Waals surface area contributed by atoms with E-state index in [9.17, 15) is 4.39 Å². The summed E-state index contributed by atoms with van der Waals surface area (Å²) in [6.45, 7) is 2.53. The van der Waals surface area contributed by atoms with Gasteiger partial charge in [-0.25, -0.2) is 4.39 Å². The Morgan fingerprint density at radius 3 is 2.82 bits per heavy atom.